The molecule has 0 bridgehead atoms. The molecule has 0 aromatic heterocycles. The fourth-order valence-corrected chi connectivity index (χ4v) is 2.77. The van der Waals surface area contributed by atoms with E-state index in [1.165, 1.54) is 10.5 Å². The second-order valence-electron chi connectivity index (χ2n) is 4.22. The van der Waals surface area contributed by atoms with Crippen LogP contribution in [0.2, 0.25) is 0 Å². The molecule has 0 saturated heterocycles. The van der Waals surface area contributed by atoms with Crippen molar-refractivity contribution in [1.82, 2.24) is 0 Å². The molecule has 0 aliphatic heterocycles. The molecule has 2 rings (SSSR count). The summed E-state index contributed by atoms with van der Waals surface area (Å²) in [6, 6.07) is 11.7. The van der Waals surface area contributed by atoms with Crippen molar-refractivity contribution in [2.75, 3.05) is 5.75 Å². The van der Waals surface area contributed by atoms with E-state index in [4.69, 9.17) is 0 Å². The topological polar surface area (TPSA) is 20.2 Å². The van der Waals surface area contributed by atoms with E-state index in [2.05, 4.69) is 26.0 Å². The molecule has 1 N–H and O–H groups in total. The van der Waals surface area contributed by atoms with Gasteiger partial charge in [0.2, 0.25) is 0 Å². The number of aromatic hydroxyl groups is 1. The van der Waals surface area contributed by atoms with Gasteiger partial charge in [0.1, 0.15) is 5.75 Å². The van der Waals surface area contributed by atoms with Crippen LogP contribution in [-0.4, -0.2) is 10.9 Å². The molecule has 0 amide bonds. The Morgan fingerprint density at radius 1 is 1.12 bits per heavy atom. The maximum atomic E-state index is 9.79. The fraction of sp³-hybridized carbons (Fsp3) is 0.200. The number of fused-ring (bicyclic) bond motifs is 1. The van der Waals surface area contributed by atoms with Gasteiger partial charge in [-0.3, -0.25) is 0 Å². The van der Waals surface area contributed by atoms with Crippen molar-refractivity contribution in [3.63, 3.8) is 0 Å². The quantitative estimate of drug-likeness (QED) is 0.628. The molecule has 0 radical (unpaired) electrons. The number of thioether (sulfide) groups is 1. The summed E-state index contributed by atoms with van der Waals surface area (Å²) in [6.07, 6.45) is 2.21. The highest BCUT2D eigenvalue weighted by molar-refractivity contribution is 7.99. The molecule has 88 valence electrons. The van der Waals surface area contributed by atoms with E-state index in [9.17, 15) is 5.11 Å². The molecule has 2 aromatic carbocycles. The van der Waals surface area contributed by atoms with E-state index in [1.807, 2.05) is 24.3 Å². The first kappa shape index (κ1) is 12.1. The van der Waals surface area contributed by atoms with Crippen LogP contribution >= 0.6 is 11.8 Å². The van der Waals surface area contributed by atoms with Crippen LogP contribution in [0.3, 0.4) is 0 Å². The predicted octanol–water partition coefficient (Wildman–Crippen LogP) is 4.60. The van der Waals surface area contributed by atoms with Crippen molar-refractivity contribution in [2.24, 2.45) is 0 Å². The number of allylic oxidation sites excluding steroid dienone is 1. The smallest absolute Gasteiger partial charge is 0.123 e. The highest BCUT2D eigenvalue weighted by Gasteiger charge is 2.04. The van der Waals surface area contributed by atoms with Gasteiger partial charge in [0, 0.05) is 16.0 Å². The lowest BCUT2D eigenvalue weighted by molar-refractivity contribution is 0.481. The molecule has 0 unspecified atom stereocenters. The summed E-state index contributed by atoms with van der Waals surface area (Å²) in [5.74, 6) is 1.32. The van der Waals surface area contributed by atoms with Gasteiger partial charge in [-0.2, -0.15) is 0 Å². The van der Waals surface area contributed by atoms with E-state index in [1.54, 1.807) is 17.8 Å². The number of phenols is 1. The molecular formula is C15H16OS. The van der Waals surface area contributed by atoms with Crippen molar-refractivity contribution in [3.05, 3.63) is 48.0 Å². The van der Waals surface area contributed by atoms with Gasteiger partial charge in [-0.1, -0.05) is 35.9 Å². The van der Waals surface area contributed by atoms with Crippen LogP contribution in [0, 0.1) is 0 Å². The van der Waals surface area contributed by atoms with E-state index >= 15 is 0 Å². The van der Waals surface area contributed by atoms with Gasteiger partial charge in [-0.15, -0.1) is 11.8 Å². The largest absolute Gasteiger partial charge is 0.507 e. The summed E-state index contributed by atoms with van der Waals surface area (Å²) in [7, 11) is 0. The van der Waals surface area contributed by atoms with Gasteiger partial charge in [0.15, 0.2) is 0 Å². The Labute approximate surface area is 106 Å². The normalized spacial score (nSPS) is 10.5. The van der Waals surface area contributed by atoms with Gasteiger partial charge >= 0.3 is 0 Å². The van der Waals surface area contributed by atoms with Crippen molar-refractivity contribution < 1.29 is 5.11 Å². The number of hydrogen-bond donors (Lipinski definition) is 1. The Morgan fingerprint density at radius 2 is 1.82 bits per heavy atom. The van der Waals surface area contributed by atoms with Crippen LogP contribution in [0.1, 0.15) is 13.8 Å². The molecular weight excluding hydrogens is 228 g/mol. The van der Waals surface area contributed by atoms with Gasteiger partial charge in [-0.25, -0.2) is 0 Å². The summed E-state index contributed by atoms with van der Waals surface area (Å²) in [4.78, 5) is 1.22. The Bertz CT molecular complexity index is 554. The van der Waals surface area contributed by atoms with E-state index in [0.29, 0.717) is 5.75 Å². The maximum Gasteiger partial charge on any atom is 0.123 e. The third-order valence-corrected chi connectivity index (χ3v) is 3.59. The average Bonchev–Trinajstić information content (AvgIpc) is 2.32. The molecule has 17 heavy (non-hydrogen) atoms. The molecule has 0 atom stereocenters. The Hall–Kier alpha value is -1.41. The number of benzene rings is 2. The minimum atomic E-state index is 0.354. The molecule has 0 aliphatic rings. The predicted molar refractivity (Wildman–Crippen MR) is 75.8 cm³/mol. The highest BCUT2D eigenvalue weighted by Crippen LogP contribution is 2.33. The summed E-state index contributed by atoms with van der Waals surface area (Å²) in [5, 5.41) is 11.8. The Balaban J connectivity index is 2.35. The number of hydrogen-bond acceptors (Lipinski definition) is 2. The van der Waals surface area contributed by atoms with Gasteiger partial charge in [-0.05, 0) is 31.4 Å². The SMILES string of the molecule is CC(C)=CCSc1ccc(O)c2ccccc12. The van der Waals surface area contributed by atoms with Crippen LogP contribution in [0.25, 0.3) is 10.8 Å². The zero-order chi connectivity index (χ0) is 12.3. The Morgan fingerprint density at radius 3 is 2.53 bits per heavy atom. The van der Waals surface area contributed by atoms with Crippen LogP contribution < -0.4 is 0 Å². The second kappa shape index (κ2) is 5.28. The van der Waals surface area contributed by atoms with Crippen molar-refractivity contribution >= 4 is 22.5 Å². The Kier molecular flexibility index (Phi) is 3.75. The average molecular weight is 244 g/mol. The molecule has 0 saturated carbocycles. The molecule has 1 nitrogen and oxygen atoms in total. The van der Waals surface area contributed by atoms with Gasteiger partial charge in [0.05, 0.1) is 0 Å². The summed E-state index contributed by atoms with van der Waals surface area (Å²) >= 11 is 1.80. The third kappa shape index (κ3) is 2.83. The molecule has 2 heteroatoms. The van der Waals surface area contributed by atoms with E-state index in [-0.39, 0.29) is 0 Å². The lowest BCUT2D eigenvalue weighted by Crippen LogP contribution is -1.80. The molecule has 0 aliphatic carbocycles. The molecule has 2 aromatic rings. The summed E-state index contributed by atoms with van der Waals surface area (Å²) in [6.45, 7) is 4.21. The van der Waals surface area contributed by atoms with Gasteiger partial charge in [0.25, 0.3) is 0 Å². The molecule has 0 spiro atoms. The van der Waals surface area contributed by atoms with Crippen molar-refractivity contribution in [1.29, 1.82) is 0 Å². The zero-order valence-electron chi connectivity index (χ0n) is 10.1. The lowest BCUT2D eigenvalue weighted by Gasteiger charge is -2.06. The number of phenolic OH excluding ortho intramolecular Hbond substituents is 1. The molecule has 0 fully saturated rings. The number of rotatable bonds is 3. The zero-order valence-corrected chi connectivity index (χ0v) is 10.9. The van der Waals surface area contributed by atoms with Crippen LogP contribution in [0.15, 0.2) is 52.9 Å². The first-order valence-corrected chi connectivity index (χ1v) is 6.64. The minimum absolute atomic E-state index is 0.354. The van der Waals surface area contributed by atoms with E-state index in [0.717, 1.165) is 16.5 Å². The van der Waals surface area contributed by atoms with Crippen LogP contribution in [-0.2, 0) is 0 Å². The lowest BCUT2D eigenvalue weighted by atomic mass is 10.1. The van der Waals surface area contributed by atoms with Gasteiger partial charge < -0.3 is 5.11 Å². The molecule has 0 heterocycles. The summed E-state index contributed by atoms with van der Waals surface area (Å²) < 4.78 is 0. The van der Waals surface area contributed by atoms with Crippen molar-refractivity contribution in [3.8, 4) is 5.75 Å². The standard InChI is InChI=1S/C15H16OS/c1-11(2)9-10-17-15-8-7-14(16)12-5-3-4-6-13(12)15/h3-9,16H,10H2,1-2H3. The second-order valence-corrected chi connectivity index (χ2v) is 5.28. The first-order valence-electron chi connectivity index (χ1n) is 5.65. The van der Waals surface area contributed by atoms with E-state index < -0.39 is 0 Å². The maximum absolute atomic E-state index is 9.79. The van der Waals surface area contributed by atoms with Crippen LogP contribution in [0.4, 0.5) is 0 Å². The van der Waals surface area contributed by atoms with Crippen molar-refractivity contribution in [2.45, 2.75) is 18.7 Å². The monoisotopic (exact) mass is 244 g/mol. The highest BCUT2D eigenvalue weighted by atomic mass is 32.2. The summed E-state index contributed by atoms with van der Waals surface area (Å²) in [5.41, 5.74) is 1.33. The first-order chi connectivity index (χ1) is 8.18. The minimum Gasteiger partial charge on any atom is -0.507 e. The fourth-order valence-electron chi connectivity index (χ4n) is 1.68. The van der Waals surface area contributed by atoms with Crippen LogP contribution in [0.5, 0.6) is 5.75 Å². The third-order valence-electron chi connectivity index (χ3n) is 2.59.